The highest BCUT2D eigenvalue weighted by atomic mass is 19.1. The van der Waals surface area contributed by atoms with Gasteiger partial charge in [-0.05, 0) is 54.8 Å². The van der Waals surface area contributed by atoms with Crippen LogP contribution in [0.3, 0.4) is 0 Å². The second kappa shape index (κ2) is 10.1. The molecule has 4 aromatic heterocycles. The number of piperidine rings is 1. The smallest absolute Gasteiger partial charge is 0.191 e. The molecule has 6 rings (SSSR count). The fraction of sp³-hybridized carbons (Fsp3) is 0.214. The van der Waals surface area contributed by atoms with E-state index in [1.165, 1.54) is 12.1 Å². The maximum Gasteiger partial charge on any atom is 0.191 e. The van der Waals surface area contributed by atoms with Gasteiger partial charge in [0, 0.05) is 50.4 Å². The summed E-state index contributed by atoms with van der Waals surface area (Å²) in [6.45, 7) is 2.23. The van der Waals surface area contributed by atoms with Gasteiger partial charge < -0.3 is 10.5 Å². The number of imidazole rings is 1. The highest BCUT2D eigenvalue weighted by molar-refractivity contribution is 5.79. The van der Waals surface area contributed by atoms with E-state index >= 15 is 8.78 Å². The summed E-state index contributed by atoms with van der Waals surface area (Å²) in [6, 6.07) is 15.3. The molecular formula is C28H25F2N7O. The maximum absolute atomic E-state index is 15.3. The normalized spacial score (nSPS) is 14.7. The van der Waals surface area contributed by atoms with Gasteiger partial charge in [0.15, 0.2) is 28.9 Å². The predicted octanol–water partition coefficient (Wildman–Crippen LogP) is 4.78. The summed E-state index contributed by atoms with van der Waals surface area (Å²) >= 11 is 0. The zero-order valence-corrected chi connectivity index (χ0v) is 20.5. The lowest BCUT2D eigenvalue weighted by molar-refractivity contribution is 0.0900. The van der Waals surface area contributed by atoms with E-state index in [1.54, 1.807) is 47.4 Å². The van der Waals surface area contributed by atoms with Gasteiger partial charge in [0.05, 0.1) is 5.69 Å². The van der Waals surface area contributed by atoms with Crippen molar-refractivity contribution >= 4 is 17.0 Å². The molecule has 0 saturated carbocycles. The average molecular weight is 514 g/mol. The number of nitrogen functional groups attached to an aromatic ring is 1. The van der Waals surface area contributed by atoms with E-state index in [4.69, 9.17) is 10.5 Å². The van der Waals surface area contributed by atoms with Crippen LogP contribution in [0.4, 0.5) is 14.6 Å². The van der Waals surface area contributed by atoms with Crippen molar-refractivity contribution in [2.45, 2.75) is 25.5 Å². The Hall–Kier alpha value is -4.44. The fourth-order valence-corrected chi connectivity index (χ4v) is 4.81. The highest BCUT2D eigenvalue weighted by Crippen LogP contribution is 2.32. The molecule has 192 valence electrons. The molecule has 0 aliphatic carbocycles. The number of halogens is 2. The lowest BCUT2D eigenvalue weighted by Gasteiger charge is -2.32. The molecule has 0 spiro atoms. The summed E-state index contributed by atoms with van der Waals surface area (Å²) in [7, 11) is 0. The number of nitrogens with zero attached hydrogens (tertiary/aromatic N) is 6. The van der Waals surface area contributed by atoms with Crippen LogP contribution in [0.5, 0.6) is 5.75 Å². The Morgan fingerprint density at radius 1 is 0.895 bits per heavy atom. The van der Waals surface area contributed by atoms with Crippen LogP contribution in [0.25, 0.3) is 28.4 Å². The van der Waals surface area contributed by atoms with Crippen LogP contribution in [-0.4, -0.2) is 48.6 Å². The minimum atomic E-state index is -0.778. The molecule has 5 aromatic rings. The molecular weight excluding hydrogens is 488 g/mol. The van der Waals surface area contributed by atoms with E-state index in [2.05, 4.69) is 24.8 Å². The number of benzene rings is 1. The third-order valence-corrected chi connectivity index (χ3v) is 6.62. The molecule has 1 saturated heterocycles. The number of aromatic nitrogens is 5. The number of anilines is 1. The maximum atomic E-state index is 15.3. The summed E-state index contributed by atoms with van der Waals surface area (Å²) in [6.07, 6.45) is 5.97. The van der Waals surface area contributed by atoms with Crippen LogP contribution >= 0.6 is 0 Å². The molecule has 10 heteroatoms. The summed E-state index contributed by atoms with van der Waals surface area (Å²) in [5.74, 6) is -0.999. The summed E-state index contributed by atoms with van der Waals surface area (Å²) < 4.78 is 38.1. The van der Waals surface area contributed by atoms with E-state index in [0.29, 0.717) is 41.3 Å². The molecule has 0 radical (unpaired) electrons. The van der Waals surface area contributed by atoms with Gasteiger partial charge in [0.2, 0.25) is 0 Å². The molecule has 0 atom stereocenters. The van der Waals surface area contributed by atoms with E-state index in [-0.39, 0.29) is 17.5 Å². The van der Waals surface area contributed by atoms with Crippen LogP contribution in [0, 0.1) is 11.6 Å². The van der Waals surface area contributed by atoms with Crippen molar-refractivity contribution < 1.29 is 13.5 Å². The second-order valence-electron chi connectivity index (χ2n) is 9.25. The molecule has 38 heavy (non-hydrogen) atoms. The molecule has 1 aliphatic heterocycles. The number of hydrogen-bond acceptors (Lipinski definition) is 7. The second-order valence-corrected chi connectivity index (χ2v) is 9.25. The fourth-order valence-electron chi connectivity index (χ4n) is 4.81. The van der Waals surface area contributed by atoms with Crippen molar-refractivity contribution in [1.82, 2.24) is 29.4 Å². The van der Waals surface area contributed by atoms with Crippen molar-refractivity contribution in [1.29, 1.82) is 0 Å². The zero-order valence-electron chi connectivity index (χ0n) is 20.5. The Balaban J connectivity index is 1.23. The largest absolute Gasteiger partial charge is 0.484 e. The molecule has 2 N–H and O–H groups in total. The molecule has 0 unspecified atom stereocenters. The summed E-state index contributed by atoms with van der Waals surface area (Å²) in [5, 5.41) is 0. The van der Waals surface area contributed by atoms with Crippen LogP contribution < -0.4 is 10.5 Å². The van der Waals surface area contributed by atoms with Crippen molar-refractivity contribution in [3.05, 3.63) is 90.4 Å². The zero-order chi connectivity index (χ0) is 26.1. The third-order valence-electron chi connectivity index (χ3n) is 6.62. The van der Waals surface area contributed by atoms with E-state index in [9.17, 15) is 0 Å². The first kappa shape index (κ1) is 23.9. The van der Waals surface area contributed by atoms with Crippen LogP contribution in [-0.2, 0) is 6.54 Å². The van der Waals surface area contributed by atoms with Crippen LogP contribution in [0.2, 0.25) is 0 Å². The third kappa shape index (κ3) is 4.78. The number of nitrogens with two attached hydrogens (primary N) is 1. The lowest BCUT2D eigenvalue weighted by atomic mass is 10.1. The first-order valence-electron chi connectivity index (χ1n) is 12.4. The molecule has 5 heterocycles. The monoisotopic (exact) mass is 513 g/mol. The van der Waals surface area contributed by atoms with Crippen LogP contribution in [0.1, 0.15) is 18.4 Å². The highest BCUT2D eigenvalue weighted by Gasteiger charge is 2.25. The number of hydrogen-bond donors (Lipinski definition) is 1. The summed E-state index contributed by atoms with van der Waals surface area (Å²) in [5.41, 5.74) is 8.74. The van der Waals surface area contributed by atoms with Crippen molar-refractivity contribution in [2.75, 3.05) is 18.8 Å². The topological polar surface area (TPSA) is 95.0 Å². The van der Waals surface area contributed by atoms with Gasteiger partial charge in [-0.15, -0.1) is 0 Å². The number of fused-ring (bicyclic) bond motifs is 1. The average Bonchev–Trinajstić information content (AvgIpc) is 3.32. The molecule has 1 fully saturated rings. The molecule has 8 nitrogen and oxygen atoms in total. The molecule has 1 aromatic carbocycles. The molecule has 0 amide bonds. The number of rotatable bonds is 6. The van der Waals surface area contributed by atoms with E-state index in [1.807, 2.05) is 18.2 Å². The Bertz CT molecular complexity index is 1560. The predicted molar refractivity (Wildman–Crippen MR) is 140 cm³/mol. The number of likely N-dealkylation sites (tertiary alicyclic amines) is 1. The number of pyridine rings is 3. The van der Waals surface area contributed by atoms with Crippen molar-refractivity contribution in [3.63, 3.8) is 0 Å². The SMILES string of the molecule is Nc1cc(CN2CCC(Oc3c(F)cc(-n4c(-c5ccccn5)nc5cccnc54)cc3F)CC2)ccn1. The minimum Gasteiger partial charge on any atom is -0.484 e. The minimum absolute atomic E-state index is 0.251. The quantitative estimate of drug-likeness (QED) is 0.349. The van der Waals surface area contributed by atoms with Gasteiger partial charge in [0.25, 0.3) is 0 Å². The Kier molecular flexibility index (Phi) is 6.38. The van der Waals surface area contributed by atoms with Gasteiger partial charge in [-0.2, -0.15) is 0 Å². The van der Waals surface area contributed by atoms with Gasteiger partial charge in [0.1, 0.15) is 23.1 Å². The summed E-state index contributed by atoms with van der Waals surface area (Å²) in [4.78, 5) is 19.7. The Morgan fingerprint density at radius 3 is 2.42 bits per heavy atom. The number of ether oxygens (including phenoxy) is 1. The first-order chi connectivity index (χ1) is 18.5. The Morgan fingerprint density at radius 2 is 1.68 bits per heavy atom. The molecule has 0 bridgehead atoms. The van der Waals surface area contributed by atoms with Crippen molar-refractivity contribution in [2.24, 2.45) is 0 Å². The van der Waals surface area contributed by atoms with Gasteiger partial charge >= 0.3 is 0 Å². The van der Waals surface area contributed by atoms with E-state index < -0.39 is 11.6 Å². The van der Waals surface area contributed by atoms with E-state index in [0.717, 1.165) is 25.2 Å². The van der Waals surface area contributed by atoms with Crippen molar-refractivity contribution in [3.8, 4) is 23.0 Å². The standard InChI is InChI=1S/C28H25F2N7O/c29-21-15-19(37-27-24(5-3-10-34-27)35-28(37)23-4-1-2-9-32-23)16-22(30)26(21)38-20-7-12-36(13-8-20)17-18-6-11-33-25(31)14-18/h1-6,9-11,14-16,20H,7-8,12-13,17H2,(H2,31,33). The van der Waals surface area contributed by atoms with Gasteiger partial charge in [-0.25, -0.2) is 23.7 Å². The van der Waals surface area contributed by atoms with Crippen LogP contribution in [0.15, 0.2) is 73.2 Å². The van der Waals surface area contributed by atoms with Gasteiger partial charge in [-0.3, -0.25) is 14.5 Å². The lowest BCUT2D eigenvalue weighted by Crippen LogP contribution is -2.38. The molecule has 1 aliphatic rings. The first-order valence-corrected chi connectivity index (χ1v) is 12.4. The van der Waals surface area contributed by atoms with Gasteiger partial charge in [-0.1, -0.05) is 6.07 Å². The Labute approximate surface area is 217 Å².